The molecule has 0 atom stereocenters. The van der Waals surface area contributed by atoms with E-state index in [1.807, 2.05) is 19.1 Å². The molecule has 18 heavy (non-hydrogen) atoms. The van der Waals surface area contributed by atoms with E-state index < -0.39 is 0 Å². The van der Waals surface area contributed by atoms with Crippen molar-refractivity contribution in [1.29, 1.82) is 0 Å². The van der Waals surface area contributed by atoms with Gasteiger partial charge in [-0.15, -0.1) is 0 Å². The van der Waals surface area contributed by atoms with Gasteiger partial charge in [-0.25, -0.2) is 4.98 Å². The molecule has 0 unspecified atom stereocenters. The van der Waals surface area contributed by atoms with Crippen LogP contribution in [0.5, 0.6) is 0 Å². The molecule has 0 aliphatic rings. The number of nitrogens with one attached hydrogen (secondary N) is 2. The second-order valence-electron chi connectivity index (χ2n) is 4.08. The van der Waals surface area contributed by atoms with Gasteiger partial charge in [-0.3, -0.25) is 4.79 Å². The Bertz CT molecular complexity index is 788. The number of pyridine rings is 1. The molecule has 90 valence electrons. The summed E-state index contributed by atoms with van der Waals surface area (Å²) in [7, 11) is 0. The van der Waals surface area contributed by atoms with Crippen LogP contribution in [0.15, 0.2) is 35.1 Å². The van der Waals surface area contributed by atoms with Crippen molar-refractivity contribution in [3.05, 3.63) is 51.3 Å². The van der Waals surface area contributed by atoms with E-state index in [2.05, 4.69) is 15.0 Å². The fraction of sp³-hybridized carbons (Fsp3) is 0.0769. The van der Waals surface area contributed by atoms with Crippen LogP contribution in [0, 0.1) is 6.92 Å². The Labute approximate surface area is 108 Å². The van der Waals surface area contributed by atoms with Crippen molar-refractivity contribution in [3.63, 3.8) is 0 Å². The van der Waals surface area contributed by atoms with Crippen molar-refractivity contribution in [2.75, 3.05) is 0 Å². The van der Waals surface area contributed by atoms with E-state index in [0.29, 0.717) is 16.5 Å². The third-order valence-corrected chi connectivity index (χ3v) is 3.27. The topological polar surface area (TPSA) is 61.5 Å². The molecule has 2 aromatic heterocycles. The van der Waals surface area contributed by atoms with Gasteiger partial charge >= 0.3 is 0 Å². The van der Waals surface area contributed by atoms with Crippen molar-refractivity contribution in [2.24, 2.45) is 0 Å². The molecule has 0 aliphatic carbocycles. The molecular weight excluding hydrogens is 250 g/mol. The predicted molar refractivity (Wildman–Crippen MR) is 71.9 cm³/mol. The highest BCUT2D eigenvalue weighted by Gasteiger charge is 2.09. The third-order valence-electron chi connectivity index (χ3n) is 2.87. The first-order valence-electron chi connectivity index (χ1n) is 5.50. The number of nitrogens with zero attached hydrogens (tertiary/aromatic N) is 1. The van der Waals surface area contributed by atoms with Crippen LogP contribution in [0.1, 0.15) is 5.56 Å². The predicted octanol–water partition coefficient (Wildman–Crippen LogP) is 2.88. The lowest BCUT2D eigenvalue weighted by atomic mass is 10.2. The third kappa shape index (κ3) is 1.71. The first-order chi connectivity index (χ1) is 8.65. The van der Waals surface area contributed by atoms with Crippen LogP contribution in [0.25, 0.3) is 22.6 Å². The summed E-state index contributed by atoms with van der Waals surface area (Å²) in [6.07, 6.45) is 0. The highest BCUT2D eigenvalue weighted by Crippen LogP contribution is 2.25. The van der Waals surface area contributed by atoms with Gasteiger partial charge in [0.05, 0.1) is 16.7 Å². The van der Waals surface area contributed by atoms with Crippen LogP contribution in [-0.2, 0) is 0 Å². The number of aryl methyl sites for hydroxylation is 1. The van der Waals surface area contributed by atoms with E-state index in [0.717, 1.165) is 16.6 Å². The largest absolute Gasteiger partial charge is 0.337 e. The lowest BCUT2D eigenvalue weighted by Crippen LogP contribution is -2.03. The van der Waals surface area contributed by atoms with Crippen molar-refractivity contribution >= 4 is 22.6 Å². The van der Waals surface area contributed by atoms with Crippen LogP contribution in [-0.4, -0.2) is 15.0 Å². The lowest BCUT2D eigenvalue weighted by molar-refractivity contribution is 1.19. The maximum absolute atomic E-state index is 11.3. The van der Waals surface area contributed by atoms with Crippen LogP contribution in [0.2, 0.25) is 5.02 Å². The highest BCUT2D eigenvalue weighted by molar-refractivity contribution is 6.32. The summed E-state index contributed by atoms with van der Waals surface area (Å²) in [5.74, 6) is 0.632. The maximum atomic E-state index is 11.3. The fourth-order valence-corrected chi connectivity index (χ4v) is 2.05. The Morgan fingerprint density at radius 2 is 2.00 bits per heavy atom. The Morgan fingerprint density at radius 1 is 1.17 bits per heavy atom. The van der Waals surface area contributed by atoms with Crippen LogP contribution in [0.4, 0.5) is 0 Å². The van der Waals surface area contributed by atoms with Gasteiger partial charge in [0.1, 0.15) is 0 Å². The molecular formula is C13H10ClN3O. The summed E-state index contributed by atoms with van der Waals surface area (Å²) in [6.45, 7) is 1.92. The average molecular weight is 260 g/mol. The first-order valence-corrected chi connectivity index (χ1v) is 5.87. The molecule has 2 N–H and O–H groups in total. The van der Waals surface area contributed by atoms with E-state index >= 15 is 0 Å². The molecule has 1 aromatic carbocycles. The molecule has 0 amide bonds. The summed E-state index contributed by atoms with van der Waals surface area (Å²) in [5, 5.41) is 0.683. The molecule has 3 rings (SSSR count). The molecule has 0 spiro atoms. The minimum atomic E-state index is -0.150. The first kappa shape index (κ1) is 11.0. The Kier molecular flexibility index (Phi) is 2.45. The normalized spacial score (nSPS) is 11.0. The standard InChI is InChI=1S/C13H10ClN3O/c1-7-8(14)5-6-9-12(7)17-13(16-9)10-3-2-4-11(18)15-10/h2-6H,1H3,(H,15,18)(H,16,17). The smallest absolute Gasteiger partial charge is 0.248 e. The van der Waals surface area contributed by atoms with Gasteiger partial charge in [-0.1, -0.05) is 17.7 Å². The van der Waals surface area contributed by atoms with Gasteiger partial charge in [-0.2, -0.15) is 0 Å². The summed E-state index contributed by atoms with van der Waals surface area (Å²) < 4.78 is 0. The molecule has 0 fully saturated rings. The minimum Gasteiger partial charge on any atom is -0.337 e. The molecule has 0 saturated carbocycles. The second kappa shape index (κ2) is 3.99. The van der Waals surface area contributed by atoms with Gasteiger partial charge in [-0.05, 0) is 30.7 Å². The maximum Gasteiger partial charge on any atom is 0.248 e. The zero-order valence-corrected chi connectivity index (χ0v) is 10.4. The number of rotatable bonds is 1. The second-order valence-corrected chi connectivity index (χ2v) is 4.49. The van der Waals surface area contributed by atoms with E-state index in [4.69, 9.17) is 11.6 Å². The number of H-pyrrole nitrogens is 2. The van der Waals surface area contributed by atoms with E-state index in [9.17, 15) is 4.79 Å². The van der Waals surface area contributed by atoms with Gasteiger partial charge in [0.15, 0.2) is 5.82 Å². The van der Waals surface area contributed by atoms with Crippen molar-refractivity contribution in [2.45, 2.75) is 6.92 Å². The monoisotopic (exact) mass is 259 g/mol. The number of hydrogen-bond acceptors (Lipinski definition) is 2. The quantitative estimate of drug-likeness (QED) is 0.706. The number of imidazole rings is 1. The molecule has 4 nitrogen and oxygen atoms in total. The minimum absolute atomic E-state index is 0.150. The molecule has 5 heteroatoms. The Hall–Kier alpha value is -2.07. The van der Waals surface area contributed by atoms with Gasteiger partial charge < -0.3 is 9.97 Å². The van der Waals surface area contributed by atoms with Crippen LogP contribution >= 0.6 is 11.6 Å². The Morgan fingerprint density at radius 3 is 2.78 bits per heavy atom. The summed E-state index contributed by atoms with van der Waals surface area (Å²) in [6, 6.07) is 8.67. The van der Waals surface area contributed by atoms with Crippen molar-refractivity contribution < 1.29 is 0 Å². The van der Waals surface area contributed by atoms with Gasteiger partial charge in [0.25, 0.3) is 0 Å². The fourth-order valence-electron chi connectivity index (χ4n) is 1.90. The zero-order valence-electron chi connectivity index (χ0n) is 9.62. The number of aromatic amines is 2. The lowest BCUT2D eigenvalue weighted by Gasteiger charge is -1.96. The summed E-state index contributed by atoms with van der Waals surface area (Å²) in [4.78, 5) is 21.7. The van der Waals surface area contributed by atoms with Gasteiger partial charge in [0, 0.05) is 11.1 Å². The van der Waals surface area contributed by atoms with Crippen molar-refractivity contribution in [3.8, 4) is 11.5 Å². The number of halogens is 1. The SMILES string of the molecule is Cc1c(Cl)ccc2[nH]c(-c3cccc(=O)[nH]3)nc12. The molecule has 0 aliphatic heterocycles. The van der Waals surface area contributed by atoms with Crippen LogP contribution < -0.4 is 5.56 Å². The van der Waals surface area contributed by atoms with E-state index in [1.54, 1.807) is 12.1 Å². The number of hydrogen-bond donors (Lipinski definition) is 2. The number of fused-ring (bicyclic) bond motifs is 1. The van der Waals surface area contributed by atoms with Crippen LogP contribution in [0.3, 0.4) is 0 Å². The zero-order chi connectivity index (χ0) is 12.7. The number of benzene rings is 1. The molecule has 0 bridgehead atoms. The molecule has 0 saturated heterocycles. The molecule has 3 aromatic rings. The van der Waals surface area contributed by atoms with E-state index in [1.165, 1.54) is 6.07 Å². The average Bonchev–Trinajstić information content (AvgIpc) is 2.79. The summed E-state index contributed by atoms with van der Waals surface area (Å²) in [5.41, 5.74) is 3.16. The number of aromatic nitrogens is 3. The molecule has 0 radical (unpaired) electrons. The highest BCUT2D eigenvalue weighted by atomic mass is 35.5. The molecule has 2 heterocycles. The summed E-state index contributed by atoms with van der Waals surface area (Å²) >= 11 is 6.06. The van der Waals surface area contributed by atoms with Gasteiger partial charge in [0.2, 0.25) is 5.56 Å². The Balaban J connectivity index is 2.26. The van der Waals surface area contributed by atoms with Crippen molar-refractivity contribution in [1.82, 2.24) is 15.0 Å². The van der Waals surface area contributed by atoms with E-state index in [-0.39, 0.29) is 5.56 Å².